The topological polar surface area (TPSA) is 56.5 Å². The first-order valence-electron chi connectivity index (χ1n) is 10.3. The Morgan fingerprint density at radius 2 is 1.53 bits per heavy atom. The Morgan fingerprint density at radius 3 is 2.41 bits per heavy atom. The van der Waals surface area contributed by atoms with Crippen LogP contribution < -0.4 is 0 Å². The lowest BCUT2D eigenvalue weighted by molar-refractivity contribution is 1.08. The zero-order valence-corrected chi connectivity index (χ0v) is 17.6. The van der Waals surface area contributed by atoms with Gasteiger partial charge in [-0.1, -0.05) is 24.3 Å². The summed E-state index contributed by atoms with van der Waals surface area (Å²) in [5, 5.41) is 3.74. The van der Waals surface area contributed by atoms with Gasteiger partial charge in [-0.25, -0.2) is 9.97 Å². The van der Waals surface area contributed by atoms with Gasteiger partial charge in [0.05, 0.1) is 34.6 Å². The van der Waals surface area contributed by atoms with Crippen molar-refractivity contribution < 1.29 is 0 Å². The van der Waals surface area contributed by atoms with Crippen LogP contribution in [0.5, 0.6) is 0 Å². The summed E-state index contributed by atoms with van der Waals surface area (Å²) in [5.41, 5.74) is 5.02. The van der Waals surface area contributed by atoms with Gasteiger partial charge < -0.3 is 4.57 Å². The molecule has 0 fully saturated rings. The van der Waals surface area contributed by atoms with Crippen LogP contribution in [0.2, 0.25) is 0 Å². The van der Waals surface area contributed by atoms with Crippen LogP contribution in [0.15, 0.2) is 91.6 Å². The normalized spacial score (nSPS) is 11.8. The Morgan fingerprint density at radius 1 is 0.688 bits per heavy atom. The molecule has 0 bridgehead atoms. The van der Waals surface area contributed by atoms with E-state index in [4.69, 9.17) is 4.98 Å². The van der Waals surface area contributed by atoms with Crippen molar-refractivity contribution in [3.63, 3.8) is 0 Å². The molecule has 0 atom stereocenters. The molecule has 0 saturated heterocycles. The molecule has 0 saturated carbocycles. The minimum absolute atomic E-state index is 0.682. The van der Waals surface area contributed by atoms with Crippen molar-refractivity contribution in [1.29, 1.82) is 0 Å². The molecule has 5 aromatic heterocycles. The van der Waals surface area contributed by atoms with Crippen molar-refractivity contribution in [3.8, 4) is 17.1 Å². The van der Waals surface area contributed by atoms with Gasteiger partial charge in [0, 0.05) is 49.7 Å². The lowest BCUT2D eigenvalue weighted by Gasteiger charge is -2.07. The number of thiophene rings is 1. The second-order valence-corrected chi connectivity index (χ2v) is 8.69. The summed E-state index contributed by atoms with van der Waals surface area (Å²) in [6.45, 7) is 0. The van der Waals surface area contributed by atoms with E-state index in [0.29, 0.717) is 5.82 Å². The number of fused-ring (bicyclic) bond motifs is 7. The van der Waals surface area contributed by atoms with E-state index < -0.39 is 0 Å². The number of hydrogen-bond donors (Lipinski definition) is 0. The minimum Gasteiger partial charge on any atom is -0.305 e. The maximum atomic E-state index is 4.78. The largest absolute Gasteiger partial charge is 0.305 e. The van der Waals surface area contributed by atoms with Crippen LogP contribution in [-0.2, 0) is 0 Å². The van der Waals surface area contributed by atoms with Crippen LogP contribution in [0.1, 0.15) is 0 Å². The number of aromatic nitrogens is 5. The van der Waals surface area contributed by atoms with Crippen molar-refractivity contribution in [3.05, 3.63) is 91.6 Å². The number of pyridine rings is 2. The molecule has 7 aromatic rings. The Hall–Kier alpha value is -4.16. The van der Waals surface area contributed by atoms with E-state index in [0.717, 1.165) is 27.8 Å². The molecule has 0 aliphatic carbocycles. The summed E-state index contributed by atoms with van der Waals surface area (Å²) in [7, 11) is 0. The fourth-order valence-corrected chi connectivity index (χ4v) is 5.70. The van der Waals surface area contributed by atoms with Crippen molar-refractivity contribution >= 4 is 53.4 Å². The third-order valence-corrected chi connectivity index (χ3v) is 7.07. The third kappa shape index (κ3) is 2.44. The van der Waals surface area contributed by atoms with Crippen molar-refractivity contribution in [1.82, 2.24) is 24.5 Å². The lowest BCUT2D eigenvalue weighted by atomic mass is 10.1. The van der Waals surface area contributed by atoms with Gasteiger partial charge >= 0.3 is 0 Å². The minimum atomic E-state index is 0.682. The molecule has 0 amide bonds. The fraction of sp³-hybridized carbons (Fsp3) is 0. The van der Waals surface area contributed by atoms with E-state index in [1.807, 2.05) is 48.1 Å². The standard InChI is InChI=1S/C26H15N5S/c1-2-6-22-18(4-1)19-7-8-20-23(25(19)32-22)24-21(5-3-11-28-24)31(20)17-14-29-26(30-15-17)16-9-12-27-13-10-16/h1-15H. The van der Waals surface area contributed by atoms with E-state index in [1.54, 1.807) is 12.4 Å². The van der Waals surface area contributed by atoms with E-state index in [1.165, 1.54) is 25.6 Å². The van der Waals surface area contributed by atoms with E-state index >= 15 is 0 Å². The number of hydrogen-bond acceptors (Lipinski definition) is 5. The van der Waals surface area contributed by atoms with Gasteiger partial charge in [0.25, 0.3) is 0 Å². The molecule has 5 nitrogen and oxygen atoms in total. The first-order chi connectivity index (χ1) is 15.9. The van der Waals surface area contributed by atoms with Gasteiger partial charge in [0.1, 0.15) is 0 Å². The quantitative estimate of drug-likeness (QED) is 0.319. The maximum Gasteiger partial charge on any atom is 0.159 e. The molecule has 0 unspecified atom stereocenters. The van der Waals surface area contributed by atoms with Crippen molar-refractivity contribution in [2.24, 2.45) is 0 Å². The smallest absolute Gasteiger partial charge is 0.159 e. The summed E-state index contributed by atoms with van der Waals surface area (Å²) in [5.74, 6) is 0.682. The van der Waals surface area contributed by atoms with E-state index in [2.05, 4.69) is 62.0 Å². The second kappa shape index (κ2) is 6.67. The molecule has 32 heavy (non-hydrogen) atoms. The van der Waals surface area contributed by atoms with Gasteiger partial charge in [-0.15, -0.1) is 11.3 Å². The Balaban J connectivity index is 1.53. The van der Waals surface area contributed by atoms with Crippen molar-refractivity contribution in [2.45, 2.75) is 0 Å². The fourth-order valence-electron chi connectivity index (χ4n) is 4.46. The number of nitrogens with zero attached hydrogens (tertiary/aromatic N) is 5. The number of benzene rings is 2. The SMILES string of the molecule is c1ccc2c(c1)sc1c2ccc2c1c1ncccc1n2-c1cnc(-c2ccncc2)nc1. The highest BCUT2D eigenvalue weighted by atomic mass is 32.1. The lowest BCUT2D eigenvalue weighted by Crippen LogP contribution is -1.97. The summed E-state index contributed by atoms with van der Waals surface area (Å²) >= 11 is 1.82. The van der Waals surface area contributed by atoms with E-state index in [9.17, 15) is 0 Å². The number of rotatable bonds is 2. The molecule has 0 N–H and O–H groups in total. The summed E-state index contributed by atoms with van der Waals surface area (Å²) in [6.07, 6.45) is 9.12. The second-order valence-electron chi connectivity index (χ2n) is 7.64. The van der Waals surface area contributed by atoms with Gasteiger partial charge in [-0.05, 0) is 36.4 Å². The highest BCUT2D eigenvalue weighted by Crippen LogP contribution is 2.42. The third-order valence-electron chi connectivity index (χ3n) is 5.86. The van der Waals surface area contributed by atoms with Crippen LogP contribution in [0.25, 0.3) is 59.2 Å². The van der Waals surface area contributed by atoms with Gasteiger partial charge in [0.2, 0.25) is 0 Å². The molecular weight excluding hydrogens is 414 g/mol. The monoisotopic (exact) mass is 429 g/mol. The van der Waals surface area contributed by atoms with Crippen LogP contribution in [0, 0.1) is 0 Å². The molecular formula is C26H15N5S. The highest BCUT2D eigenvalue weighted by molar-refractivity contribution is 7.26. The summed E-state index contributed by atoms with van der Waals surface area (Å²) in [6, 6.07) is 20.9. The van der Waals surface area contributed by atoms with Crippen LogP contribution in [0.3, 0.4) is 0 Å². The average molecular weight is 430 g/mol. The van der Waals surface area contributed by atoms with Crippen molar-refractivity contribution in [2.75, 3.05) is 0 Å². The predicted molar refractivity (Wildman–Crippen MR) is 130 cm³/mol. The van der Waals surface area contributed by atoms with E-state index in [-0.39, 0.29) is 0 Å². The summed E-state index contributed by atoms with van der Waals surface area (Å²) < 4.78 is 4.76. The van der Waals surface area contributed by atoms with Crippen LogP contribution in [0.4, 0.5) is 0 Å². The predicted octanol–water partition coefficient (Wildman–Crippen LogP) is 6.40. The zero-order chi connectivity index (χ0) is 21.1. The summed E-state index contributed by atoms with van der Waals surface area (Å²) in [4.78, 5) is 18.1. The molecule has 0 spiro atoms. The molecule has 0 aliphatic rings. The molecule has 5 heterocycles. The molecule has 2 aromatic carbocycles. The maximum absolute atomic E-state index is 4.78. The van der Waals surface area contributed by atoms with Gasteiger partial charge in [-0.3, -0.25) is 9.97 Å². The average Bonchev–Trinajstić information content (AvgIpc) is 3.40. The molecule has 0 aliphatic heterocycles. The molecule has 150 valence electrons. The van der Waals surface area contributed by atoms with Crippen LogP contribution >= 0.6 is 11.3 Å². The molecule has 7 rings (SSSR count). The van der Waals surface area contributed by atoms with Gasteiger partial charge in [-0.2, -0.15) is 0 Å². The Kier molecular flexibility index (Phi) is 3.65. The Labute approximate surface area is 186 Å². The first-order valence-corrected chi connectivity index (χ1v) is 11.1. The highest BCUT2D eigenvalue weighted by Gasteiger charge is 2.18. The molecule has 0 radical (unpaired) electrons. The zero-order valence-electron chi connectivity index (χ0n) is 16.8. The first kappa shape index (κ1) is 17.5. The van der Waals surface area contributed by atoms with Crippen LogP contribution in [-0.4, -0.2) is 24.5 Å². The van der Waals surface area contributed by atoms with Gasteiger partial charge in [0.15, 0.2) is 5.82 Å². The Bertz CT molecular complexity index is 1770. The molecule has 6 heteroatoms.